The molecule has 302 valence electrons. The molecule has 0 fully saturated rings. The van der Waals surface area contributed by atoms with Crippen LogP contribution in [0.4, 0.5) is 39.8 Å². The standard InChI is InChI=1S/C60H42N4/c1-59(2)51-12-8-6-10-45(51)47-30-26-43(34-53(47)59)63(41-22-14-37(36-61)15-23-41)55-32-18-38-17-29-50-56(33-19-39-16-28-49(55)57(38)58(39)50)64(42-24-20-40(62-5)21-25-42)44-27-31-48-46-11-7-9-13-52(46)60(3,4)54(48)35-44/h6-35H,1-4H3. The van der Waals surface area contributed by atoms with E-state index in [1.54, 1.807) is 0 Å². The van der Waals surface area contributed by atoms with Crippen molar-refractivity contribution in [3.05, 3.63) is 221 Å². The Morgan fingerprint density at radius 2 is 0.844 bits per heavy atom. The molecule has 12 rings (SSSR count). The maximum Gasteiger partial charge on any atom is 0.187 e. The van der Waals surface area contributed by atoms with Crippen molar-refractivity contribution in [1.82, 2.24) is 0 Å². The third-order valence-corrected chi connectivity index (χ3v) is 14.2. The van der Waals surface area contributed by atoms with Gasteiger partial charge in [-0.15, -0.1) is 0 Å². The first-order chi connectivity index (χ1) is 31.1. The zero-order chi connectivity index (χ0) is 43.5. The van der Waals surface area contributed by atoms with Crippen molar-refractivity contribution in [2.75, 3.05) is 9.80 Å². The van der Waals surface area contributed by atoms with Gasteiger partial charge in [0.25, 0.3) is 0 Å². The molecule has 0 saturated heterocycles. The molecule has 4 heteroatoms. The lowest BCUT2D eigenvalue weighted by Crippen LogP contribution is -2.17. The molecule has 0 atom stereocenters. The summed E-state index contributed by atoms with van der Waals surface area (Å²) in [5, 5.41) is 16.8. The van der Waals surface area contributed by atoms with E-state index in [1.807, 2.05) is 24.3 Å². The van der Waals surface area contributed by atoms with E-state index in [-0.39, 0.29) is 10.8 Å². The van der Waals surface area contributed by atoms with Gasteiger partial charge in [-0.25, -0.2) is 4.85 Å². The molecule has 0 N–H and O–H groups in total. The lowest BCUT2D eigenvalue weighted by atomic mass is 9.82. The van der Waals surface area contributed by atoms with Crippen LogP contribution >= 0.6 is 0 Å². The number of nitriles is 1. The fourth-order valence-corrected chi connectivity index (χ4v) is 11.0. The molecule has 10 aromatic rings. The second-order valence-corrected chi connectivity index (χ2v) is 18.4. The molecule has 0 aliphatic heterocycles. The zero-order valence-corrected chi connectivity index (χ0v) is 36.1. The molecule has 64 heavy (non-hydrogen) atoms. The first-order valence-corrected chi connectivity index (χ1v) is 21.9. The summed E-state index contributed by atoms with van der Waals surface area (Å²) in [6.07, 6.45) is 0. The van der Waals surface area contributed by atoms with E-state index < -0.39 is 0 Å². The highest BCUT2D eigenvalue weighted by Crippen LogP contribution is 2.54. The lowest BCUT2D eigenvalue weighted by molar-refractivity contribution is 0.660. The number of benzene rings is 10. The largest absolute Gasteiger partial charge is 0.310 e. The topological polar surface area (TPSA) is 34.6 Å². The highest BCUT2D eigenvalue weighted by molar-refractivity contribution is 6.28. The predicted octanol–water partition coefficient (Wildman–Crippen LogP) is 16.6. The van der Waals surface area contributed by atoms with E-state index in [0.717, 1.165) is 44.9 Å². The summed E-state index contributed by atoms with van der Waals surface area (Å²) in [7, 11) is 0. The van der Waals surface area contributed by atoms with Crippen molar-refractivity contribution in [3.8, 4) is 28.3 Å². The van der Waals surface area contributed by atoms with Crippen LogP contribution in [0.1, 0.15) is 55.5 Å². The molecule has 0 spiro atoms. The minimum atomic E-state index is -0.169. The molecular formula is C60H42N4. The number of nitrogens with zero attached hydrogens (tertiary/aromatic N) is 4. The van der Waals surface area contributed by atoms with Crippen molar-refractivity contribution in [1.29, 1.82) is 5.26 Å². The van der Waals surface area contributed by atoms with Crippen LogP contribution in [-0.2, 0) is 10.8 Å². The SMILES string of the molecule is [C-]#[N+]c1ccc(N(c2ccc3c(c2)C(C)(C)c2ccccc2-3)c2ccc3ccc4c(N(c5ccc(C#N)cc5)c5ccc6c(c5)C(C)(C)c5ccccc5-6)ccc5ccc2c3c54)cc1. The van der Waals surface area contributed by atoms with E-state index in [9.17, 15) is 5.26 Å². The quantitative estimate of drug-likeness (QED) is 0.124. The maximum atomic E-state index is 9.80. The first kappa shape index (κ1) is 37.6. The third kappa shape index (κ3) is 5.33. The van der Waals surface area contributed by atoms with E-state index in [4.69, 9.17) is 6.57 Å². The van der Waals surface area contributed by atoms with Gasteiger partial charge in [0.1, 0.15) is 0 Å². The van der Waals surface area contributed by atoms with Crippen LogP contribution in [0.25, 0.3) is 59.4 Å². The van der Waals surface area contributed by atoms with Crippen molar-refractivity contribution >= 4 is 72.1 Å². The Morgan fingerprint density at radius 3 is 1.30 bits per heavy atom. The van der Waals surface area contributed by atoms with Gasteiger partial charge < -0.3 is 9.80 Å². The second kappa shape index (κ2) is 13.7. The van der Waals surface area contributed by atoms with E-state index in [1.165, 1.54) is 66.1 Å². The number of hydrogen-bond donors (Lipinski definition) is 0. The Bertz CT molecular complexity index is 3390. The average Bonchev–Trinajstić information content (AvgIpc) is 3.71. The van der Waals surface area contributed by atoms with E-state index in [2.05, 4.69) is 206 Å². The van der Waals surface area contributed by atoms with E-state index in [0.29, 0.717) is 11.3 Å². The minimum Gasteiger partial charge on any atom is -0.310 e. The summed E-state index contributed by atoms with van der Waals surface area (Å²) >= 11 is 0. The van der Waals surface area contributed by atoms with E-state index >= 15 is 0 Å². The molecule has 0 saturated carbocycles. The highest BCUT2D eigenvalue weighted by Gasteiger charge is 2.37. The minimum absolute atomic E-state index is 0.167. The van der Waals surface area contributed by atoms with Crippen molar-refractivity contribution in [2.24, 2.45) is 0 Å². The van der Waals surface area contributed by atoms with Gasteiger partial charge in [0, 0.05) is 44.4 Å². The Morgan fingerprint density at radius 1 is 0.438 bits per heavy atom. The second-order valence-electron chi connectivity index (χ2n) is 18.4. The summed E-state index contributed by atoms with van der Waals surface area (Å²) in [6, 6.07) is 67.8. The molecular weight excluding hydrogens is 777 g/mol. The van der Waals surface area contributed by atoms with Gasteiger partial charge in [0.05, 0.1) is 29.6 Å². The van der Waals surface area contributed by atoms with Crippen LogP contribution in [0.2, 0.25) is 0 Å². The highest BCUT2D eigenvalue weighted by atomic mass is 15.2. The third-order valence-electron chi connectivity index (χ3n) is 14.2. The summed E-state index contributed by atoms with van der Waals surface area (Å²) in [5.74, 6) is 0. The van der Waals surface area contributed by atoms with Crippen LogP contribution in [0.15, 0.2) is 182 Å². The van der Waals surface area contributed by atoms with Crippen LogP contribution in [0, 0.1) is 17.9 Å². The zero-order valence-electron chi connectivity index (χ0n) is 36.1. The number of anilines is 6. The summed E-state index contributed by atoms with van der Waals surface area (Å²) in [5.41, 5.74) is 17.6. The molecule has 0 amide bonds. The van der Waals surface area contributed by atoms with Crippen molar-refractivity contribution in [3.63, 3.8) is 0 Å². The van der Waals surface area contributed by atoms with Gasteiger partial charge in [-0.05, 0) is 139 Å². The Hall–Kier alpha value is -8.18. The lowest BCUT2D eigenvalue weighted by Gasteiger charge is -2.31. The van der Waals surface area contributed by atoms with Gasteiger partial charge in [0.15, 0.2) is 5.69 Å². The van der Waals surface area contributed by atoms with Gasteiger partial charge in [-0.3, -0.25) is 0 Å². The van der Waals surface area contributed by atoms with Gasteiger partial charge in [0.2, 0.25) is 0 Å². The van der Waals surface area contributed by atoms with Crippen molar-refractivity contribution in [2.45, 2.75) is 38.5 Å². The Labute approximate surface area is 373 Å². The monoisotopic (exact) mass is 818 g/mol. The molecule has 0 radical (unpaired) electrons. The Balaban J connectivity index is 1.08. The molecule has 0 heterocycles. The fraction of sp³-hybridized carbons (Fsp3) is 0.100. The predicted molar refractivity (Wildman–Crippen MR) is 266 cm³/mol. The molecule has 2 aliphatic carbocycles. The molecule has 0 aromatic heterocycles. The maximum absolute atomic E-state index is 9.80. The number of hydrogen-bond acceptors (Lipinski definition) is 3. The summed E-state index contributed by atoms with van der Waals surface area (Å²) in [6.45, 7) is 17.0. The van der Waals surface area contributed by atoms with Crippen LogP contribution in [-0.4, -0.2) is 0 Å². The van der Waals surface area contributed by atoms with Crippen LogP contribution in [0.5, 0.6) is 0 Å². The average molecular weight is 819 g/mol. The normalized spacial score (nSPS) is 13.8. The van der Waals surface area contributed by atoms with Crippen LogP contribution < -0.4 is 9.80 Å². The molecule has 0 unspecified atom stereocenters. The van der Waals surface area contributed by atoms with Crippen molar-refractivity contribution < 1.29 is 0 Å². The molecule has 4 nitrogen and oxygen atoms in total. The van der Waals surface area contributed by atoms with Gasteiger partial charge in [-0.1, -0.05) is 137 Å². The summed E-state index contributed by atoms with van der Waals surface area (Å²) in [4.78, 5) is 8.46. The number of rotatable bonds is 6. The molecule has 0 bridgehead atoms. The van der Waals surface area contributed by atoms with Crippen LogP contribution in [0.3, 0.4) is 0 Å². The first-order valence-electron chi connectivity index (χ1n) is 21.9. The van der Waals surface area contributed by atoms with Gasteiger partial charge >= 0.3 is 0 Å². The molecule has 2 aliphatic rings. The van der Waals surface area contributed by atoms with Gasteiger partial charge in [-0.2, -0.15) is 5.26 Å². The number of fused-ring (bicyclic) bond motifs is 6. The Kier molecular flexibility index (Phi) is 8.02. The molecule has 10 aromatic carbocycles. The smallest absolute Gasteiger partial charge is 0.187 e. The summed E-state index contributed by atoms with van der Waals surface area (Å²) < 4.78 is 0. The fourth-order valence-electron chi connectivity index (χ4n) is 11.0.